The van der Waals surface area contributed by atoms with Crippen LogP contribution in [0.3, 0.4) is 0 Å². The van der Waals surface area contributed by atoms with Crippen molar-refractivity contribution in [2.75, 3.05) is 30.9 Å². The van der Waals surface area contributed by atoms with Gasteiger partial charge >= 0.3 is 6.01 Å². The lowest BCUT2D eigenvalue weighted by atomic mass is 9.93. The van der Waals surface area contributed by atoms with Crippen LogP contribution < -0.4 is 10.6 Å². The molecule has 0 amide bonds. The van der Waals surface area contributed by atoms with E-state index >= 15 is 0 Å². The Hall–Kier alpha value is -4.31. The highest BCUT2D eigenvalue weighted by molar-refractivity contribution is 6.16. The van der Waals surface area contributed by atoms with Gasteiger partial charge in [-0.3, -0.25) is 14.5 Å². The van der Waals surface area contributed by atoms with Crippen molar-refractivity contribution in [3.05, 3.63) is 77.5 Å². The van der Waals surface area contributed by atoms with E-state index in [1.807, 2.05) is 65.5 Å². The van der Waals surface area contributed by atoms with E-state index < -0.39 is 6.17 Å². The Kier molecular flexibility index (Phi) is 6.70. The summed E-state index contributed by atoms with van der Waals surface area (Å²) in [6.45, 7) is 1.14. The Labute approximate surface area is 220 Å². The Bertz CT molecular complexity index is 1460. The molecule has 0 spiro atoms. The maximum absolute atomic E-state index is 13.3. The third kappa shape index (κ3) is 4.82. The number of carbonyl (C=O) groups excluding carboxylic acids is 1. The quantitative estimate of drug-likeness (QED) is 0.322. The summed E-state index contributed by atoms with van der Waals surface area (Å²) in [7, 11) is 1.66. The summed E-state index contributed by atoms with van der Waals surface area (Å²) in [5, 5.41) is 19.5. The first-order valence-electron chi connectivity index (χ1n) is 12.9. The van der Waals surface area contributed by atoms with E-state index in [9.17, 15) is 4.79 Å². The smallest absolute Gasteiger partial charge is 0.317 e. The Morgan fingerprint density at radius 1 is 1.05 bits per heavy atom. The molecule has 38 heavy (non-hydrogen) atoms. The average molecular weight is 512 g/mol. The second kappa shape index (κ2) is 10.6. The van der Waals surface area contributed by atoms with Crippen LogP contribution in [0.15, 0.2) is 70.2 Å². The predicted molar refractivity (Wildman–Crippen MR) is 143 cm³/mol. The first kappa shape index (κ1) is 24.1. The topological polar surface area (TPSA) is 119 Å². The lowest BCUT2D eigenvalue weighted by molar-refractivity contribution is -0.119. The zero-order valence-corrected chi connectivity index (χ0v) is 21.1. The van der Waals surface area contributed by atoms with E-state index in [4.69, 9.17) is 19.2 Å². The van der Waals surface area contributed by atoms with Gasteiger partial charge in [0.1, 0.15) is 5.56 Å². The van der Waals surface area contributed by atoms with E-state index in [1.54, 1.807) is 7.11 Å². The van der Waals surface area contributed by atoms with Crippen LogP contribution in [0.1, 0.15) is 42.0 Å². The predicted octanol–water partition coefficient (Wildman–Crippen LogP) is 4.12. The molecule has 10 heteroatoms. The third-order valence-electron chi connectivity index (χ3n) is 6.94. The molecule has 1 aliphatic carbocycles. The molecule has 2 aromatic heterocycles. The number of fused-ring (bicyclic) bond motifs is 1. The summed E-state index contributed by atoms with van der Waals surface area (Å²) in [6.07, 6.45) is 4.71. The lowest BCUT2D eigenvalue weighted by Crippen LogP contribution is -2.29. The minimum Gasteiger partial charge on any atom is -0.403 e. The van der Waals surface area contributed by atoms with Crippen molar-refractivity contribution in [2.24, 2.45) is 4.99 Å². The summed E-state index contributed by atoms with van der Waals surface area (Å²) in [4.78, 5) is 18.1. The summed E-state index contributed by atoms with van der Waals surface area (Å²) in [6, 6.07) is 18.2. The molecule has 0 saturated heterocycles. The van der Waals surface area contributed by atoms with Crippen LogP contribution in [0.2, 0.25) is 0 Å². The summed E-state index contributed by atoms with van der Waals surface area (Å²) < 4.78 is 13.1. The van der Waals surface area contributed by atoms with Crippen molar-refractivity contribution in [1.29, 1.82) is 0 Å². The molecule has 4 aromatic rings. The summed E-state index contributed by atoms with van der Waals surface area (Å²) in [5.74, 6) is 0.895. The fourth-order valence-corrected chi connectivity index (χ4v) is 4.70. The molecular formula is C28H29N7O3. The minimum absolute atomic E-state index is 0.0807. The molecule has 1 aliphatic heterocycles. The highest BCUT2D eigenvalue weighted by Crippen LogP contribution is 2.35. The van der Waals surface area contributed by atoms with E-state index in [0.717, 1.165) is 35.2 Å². The minimum atomic E-state index is -0.872. The number of hydrogen-bond donors (Lipinski definition) is 2. The molecule has 194 valence electrons. The average Bonchev–Trinajstić information content (AvgIpc) is 3.50. The van der Waals surface area contributed by atoms with Crippen molar-refractivity contribution < 1.29 is 13.9 Å². The molecule has 1 saturated carbocycles. The van der Waals surface area contributed by atoms with Crippen LogP contribution in [0.5, 0.6) is 0 Å². The van der Waals surface area contributed by atoms with Gasteiger partial charge in [-0.1, -0.05) is 59.7 Å². The molecule has 3 heterocycles. The monoisotopic (exact) mass is 511 g/mol. The van der Waals surface area contributed by atoms with Crippen LogP contribution in [-0.2, 0) is 16.0 Å². The first-order valence-corrected chi connectivity index (χ1v) is 12.9. The fraction of sp³-hybridized carbons (Fsp3) is 0.321. The van der Waals surface area contributed by atoms with Crippen LogP contribution >= 0.6 is 0 Å². The van der Waals surface area contributed by atoms with Gasteiger partial charge in [-0.25, -0.2) is 0 Å². The Balaban J connectivity index is 1.29. The lowest BCUT2D eigenvalue weighted by Gasteiger charge is -2.25. The summed E-state index contributed by atoms with van der Waals surface area (Å²) >= 11 is 0. The molecule has 2 aromatic carbocycles. The van der Waals surface area contributed by atoms with Crippen molar-refractivity contribution in [2.45, 2.75) is 37.9 Å². The highest BCUT2D eigenvalue weighted by Gasteiger charge is 2.28. The number of hydrogen-bond acceptors (Lipinski definition) is 9. The SMILES string of the molecule is COCCNc1nn(C2CCC2)cc1-c1nnc(N[C@H]2N=C(c3ccccc3)c3ccccc3CC2=O)o1. The number of aliphatic imine (C=N–C) groups is 1. The molecule has 1 atom stereocenters. The van der Waals surface area contributed by atoms with Crippen molar-refractivity contribution in [1.82, 2.24) is 20.0 Å². The number of carbonyl (C=O) groups is 1. The molecule has 0 radical (unpaired) electrons. The maximum Gasteiger partial charge on any atom is 0.317 e. The number of Topliss-reactive ketones (excluding diaryl/α,β-unsaturated/α-hetero) is 1. The number of aromatic nitrogens is 4. The standard InChI is InChI=1S/C28H29N7O3/c1-37-15-14-29-25-22(17-35(34-25)20-11-7-12-20)27-32-33-28(38-27)31-26-23(36)16-19-10-5-6-13-21(19)24(30-26)18-8-3-2-4-9-18/h2-6,8-10,13,17,20,26H,7,11-12,14-16H2,1H3,(H,29,34)(H,31,33)/t26-/m1/s1. The largest absolute Gasteiger partial charge is 0.403 e. The molecule has 1 fully saturated rings. The number of methoxy groups -OCH3 is 1. The van der Waals surface area contributed by atoms with E-state index in [0.29, 0.717) is 36.5 Å². The van der Waals surface area contributed by atoms with Crippen LogP contribution in [-0.4, -0.2) is 57.9 Å². The molecule has 2 N–H and O–H groups in total. The normalized spacial score (nSPS) is 17.3. The van der Waals surface area contributed by atoms with Gasteiger partial charge in [-0.05, 0) is 24.8 Å². The van der Waals surface area contributed by atoms with Crippen LogP contribution in [0, 0.1) is 0 Å². The Morgan fingerprint density at radius 3 is 2.66 bits per heavy atom. The van der Waals surface area contributed by atoms with Crippen molar-refractivity contribution in [3.63, 3.8) is 0 Å². The first-order chi connectivity index (χ1) is 18.7. The molecule has 0 bridgehead atoms. The Morgan fingerprint density at radius 2 is 1.87 bits per heavy atom. The van der Waals surface area contributed by atoms with Gasteiger partial charge in [0.15, 0.2) is 17.8 Å². The number of ether oxygens (including phenoxy) is 1. The van der Waals surface area contributed by atoms with Gasteiger partial charge in [0, 0.05) is 37.4 Å². The number of ketones is 1. The van der Waals surface area contributed by atoms with Crippen LogP contribution in [0.4, 0.5) is 11.8 Å². The number of benzene rings is 2. The fourth-order valence-electron chi connectivity index (χ4n) is 4.70. The molecule has 6 rings (SSSR count). The van der Waals surface area contributed by atoms with Gasteiger partial charge in [-0.15, -0.1) is 5.10 Å². The zero-order valence-electron chi connectivity index (χ0n) is 21.1. The van der Waals surface area contributed by atoms with E-state index in [-0.39, 0.29) is 18.2 Å². The molecule has 0 unspecified atom stereocenters. The highest BCUT2D eigenvalue weighted by atomic mass is 16.5. The molecule has 2 aliphatic rings. The summed E-state index contributed by atoms with van der Waals surface area (Å²) in [5.41, 5.74) is 4.27. The maximum atomic E-state index is 13.3. The van der Waals surface area contributed by atoms with Gasteiger partial charge in [0.05, 0.1) is 18.4 Å². The number of anilines is 2. The molecule has 10 nitrogen and oxygen atoms in total. The number of rotatable bonds is 9. The number of nitrogens with zero attached hydrogens (tertiary/aromatic N) is 5. The van der Waals surface area contributed by atoms with Gasteiger partial charge in [-0.2, -0.15) is 5.10 Å². The number of nitrogens with one attached hydrogen (secondary N) is 2. The van der Waals surface area contributed by atoms with Gasteiger partial charge in [0.2, 0.25) is 0 Å². The van der Waals surface area contributed by atoms with Crippen LogP contribution in [0.25, 0.3) is 11.5 Å². The van der Waals surface area contributed by atoms with Crippen molar-refractivity contribution >= 4 is 23.3 Å². The van der Waals surface area contributed by atoms with Crippen molar-refractivity contribution in [3.8, 4) is 11.5 Å². The van der Waals surface area contributed by atoms with Gasteiger partial charge < -0.3 is 19.8 Å². The van der Waals surface area contributed by atoms with E-state index in [1.165, 1.54) is 6.42 Å². The second-order valence-corrected chi connectivity index (χ2v) is 9.48. The van der Waals surface area contributed by atoms with E-state index in [2.05, 4.69) is 20.8 Å². The zero-order chi connectivity index (χ0) is 25.9. The van der Waals surface area contributed by atoms with Gasteiger partial charge in [0.25, 0.3) is 5.89 Å². The third-order valence-corrected chi connectivity index (χ3v) is 6.94. The second-order valence-electron chi connectivity index (χ2n) is 9.48. The molecular weight excluding hydrogens is 482 g/mol.